The minimum atomic E-state index is -2.29. The molecule has 0 heterocycles. The molecule has 0 amide bonds. The van der Waals surface area contributed by atoms with Crippen LogP contribution in [0.25, 0.3) is 0 Å². The zero-order chi connectivity index (χ0) is 9.94. The van der Waals surface area contributed by atoms with Crippen molar-refractivity contribution >= 4 is 10.7 Å². The van der Waals surface area contributed by atoms with Gasteiger partial charge in [-0.05, 0) is 24.7 Å². The van der Waals surface area contributed by atoms with Gasteiger partial charge in [0.25, 0.3) is 0 Å². The van der Waals surface area contributed by atoms with Crippen LogP contribution >= 0.6 is 0 Å². The van der Waals surface area contributed by atoms with E-state index >= 15 is 0 Å². The molecule has 0 fully saturated rings. The van der Waals surface area contributed by atoms with E-state index in [4.69, 9.17) is 0 Å². The first-order valence-corrected chi connectivity index (χ1v) is 5.74. The molecule has 3 heteroatoms. The van der Waals surface area contributed by atoms with Gasteiger partial charge in [-0.1, -0.05) is 27.7 Å². The second-order valence-electron chi connectivity index (χ2n) is 3.98. The van der Waals surface area contributed by atoms with Gasteiger partial charge in [-0.25, -0.2) is 8.42 Å². The summed E-state index contributed by atoms with van der Waals surface area (Å²) in [6.07, 6.45) is 0.912. The van der Waals surface area contributed by atoms with Crippen LogP contribution in [0.15, 0.2) is 0 Å². The molecular formula is C9H20O2S. The summed E-state index contributed by atoms with van der Waals surface area (Å²) in [6.45, 7) is 10.1. The maximum Gasteiger partial charge on any atom is 0.143 e. The largest absolute Gasteiger partial charge is 0.232 e. The van der Waals surface area contributed by atoms with Crippen LogP contribution in [0.2, 0.25) is 0 Å². The molecule has 2 atom stereocenters. The summed E-state index contributed by atoms with van der Waals surface area (Å²) in [5.74, 6) is 0.408. The molecule has 0 bridgehead atoms. The van der Waals surface area contributed by atoms with Crippen LogP contribution in [0.1, 0.15) is 41.0 Å². The van der Waals surface area contributed by atoms with Gasteiger partial charge in [0.2, 0.25) is 0 Å². The Bertz CT molecular complexity index is 201. The highest BCUT2D eigenvalue weighted by molar-refractivity contribution is 7.73. The van der Waals surface area contributed by atoms with Crippen LogP contribution in [-0.2, 0) is 10.7 Å². The second-order valence-corrected chi connectivity index (χ2v) is 5.32. The molecule has 0 saturated heterocycles. The average molecular weight is 192 g/mol. The summed E-state index contributed by atoms with van der Waals surface area (Å²) in [7, 11) is -2.29. The first kappa shape index (κ1) is 11.9. The Kier molecular flexibility index (Phi) is 4.24. The zero-order valence-corrected chi connectivity index (χ0v) is 9.52. The summed E-state index contributed by atoms with van der Waals surface area (Å²) in [4.78, 5) is 0. The Morgan fingerprint density at radius 1 is 1.25 bits per heavy atom. The van der Waals surface area contributed by atoms with Crippen molar-refractivity contribution in [2.75, 3.05) is 0 Å². The summed E-state index contributed by atoms with van der Waals surface area (Å²) in [6, 6.07) is 0. The van der Waals surface area contributed by atoms with Crippen molar-refractivity contribution in [2.24, 2.45) is 11.3 Å². The molecule has 0 aliphatic rings. The molecule has 0 aromatic rings. The van der Waals surface area contributed by atoms with Crippen LogP contribution in [-0.4, -0.2) is 13.7 Å². The SMILES string of the molecule is CCC(C)(C(C)C)C(C)[SH](=O)=O. The van der Waals surface area contributed by atoms with E-state index < -0.39 is 10.7 Å². The third-order valence-electron chi connectivity index (χ3n) is 3.35. The van der Waals surface area contributed by atoms with Crippen molar-refractivity contribution in [1.29, 1.82) is 0 Å². The molecule has 12 heavy (non-hydrogen) atoms. The fourth-order valence-corrected chi connectivity index (χ4v) is 2.39. The zero-order valence-electron chi connectivity index (χ0n) is 8.63. The molecule has 0 spiro atoms. The normalized spacial score (nSPS) is 19.6. The predicted octanol–water partition coefficient (Wildman–Crippen LogP) is 2.06. The van der Waals surface area contributed by atoms with E-state index in [1.165, 1.54) is 0 Å². The minimum Gasteiger partial charge on any atom is -0.232 e. The highest BCUT2D eigenvalue weighted by atomic mass is 32.2. The maximum atomic E-state index is 10.8. The number of hydrogen-bond donors (Lipinski definition) is 1. The average Bonchev–Trinajstić information content (AvgIpc) is 2.01. The molecule has 2 unspecified atom stereocenters. The molecule has 0 radical (unpaired) electrons. The molecule has 0 aromatic heterocycles. The quantitative estimate of drug-likeness (QED) is 0.692. The van der Waals surface area contributed by atoms with E-state index in [2.05, 4.69) is 20.8 Å². The van der Waals surface area contributed by atoms with Gasteiger partial charge in [0.05, 0.1) is 5.25 Å². The fraction of sp³-hybridized carbons (Fsp3) is 1.00. The van der Waals surface area contributed by atoms with Gasteiger partial charge in [-0.2, -0.15) is 0 Å². The van der Waals surface area contributed by atoms with Crippen LogP contribution in [0.4, 0.5) is 0 Å². The van der Waals surface area contributed by atoms with Crippen LogP contribution in [0.3, 0.4) is 0 Å². The van der Waals surface area contributed by atoms with E-state index in [9.17, 15) is 8.42 Å². The van der Waals surface area contributed by atoms with Gasteiger partial charge in [-0.15, -0.1) is 0 Å². The highest BCUT2D eigenvalue weighted by Crippen LogP contribution is 2.35. The molecule has 0 N–H and O–H groups in total. The van der Waals surface area contributed by atoms with E-state index in [-0.39, 0.29) is 10.7 Å². The predicted molar refractivity (Wildman–Crippen MR) is 53.0 cm³/mol. The lowest BCUT2D eigenvalue weighted by molar-refractivity contribution is 0.204. The second kappa shape index (κ2) is 4.26. The summed E-state index contributed by atoms with van der Waals surface area (Å²) in [5.41, 5.74) is -0.0742. The standard InChI is InChI=1S/C9H20O2S/c1-6-9(5,7(2)3)8(4)12(10)11/h7-8,12H,6H2,1-5H3. The van der Waals surface area contributed by atoms with Gasteiger partial charge in [-0.3, -0.25) is 0 Å². The Hall–Kier alpha value is -0.0500. The molecule has 0 aliphatic carbocycles. The lowest BCUT2D eigenvalue weighted by atomic mass is 9.74. The number of thiol groups is 1. The number of hydrogen-bond acceptors (Lipinski definition) is 2. The Morgan fingerprint density at radius 2 is 1.67 bits per heavy atom. The monoisotopic (exact) mass is 192 g/mol. The van der Waals surface area contributed by atoms with Crippen molar-refractivity contribution in [3.63, 3.8) is 0 Å². The van der Waals surface area contributed by atoms with E-state index in [0.717, 1.165) is 6.42 Å². The number of rotatable bonds is 4. The third-order valence-corrected chi connectivity index (χ3v) is 4.57. The van der Waals surface area contributed by atoms with Gasteiger partial charge in [0.15, 0.2) is 0 Å². The van der Waals surface area contributed by atoms with E-state index in [0.29, 0.717) is 5.92 Å². The van der Waals surface area contributed by atoms with Gasteiger partial charge in [0.1, 0.15) is 10.7 Å². The molecule has 74 valence electrons. The van der Waals surface area contributed by atoms with E-state index in [1.54, 1.807) is 6.92 Å². The molecular weight excluding hydrogens is 172 g/mol. The van der Waals surface area contributed by atoms with Crippen LogP contribution in [0, 0.1) is 11.3 Å². The maximum absolute atomic E-state index is 10.8. The lowest BCUT2D eigenvalue weighted by Gasteiger charge is -2.35. The molecule has 2 nitrogen and oxygen atoms in total. The Balaban J connectivity index is 4.74. The van der Waals surface area contributed by atoms with Crippen molar-refractivity contribution < 1.29 is 8.42 Å². The van der Waals surface area contributed by atoms with Gasteiger partial charge in [0, 0.05) is 0 Å². The molecule has 0 rings (SSSR count). The van der Waals surface area contributed by atoms with Crippen molar-refractivity contribution in [3.05, 3.63) is 0 Å². The van der Waals surface area contributed by atoms with Gasteiger partial charge >= 0.3 is 0 Å². The highest BCUT2D eigenvalue weighted by Gasteiger charge is 2.34. The smallest absolute Gasteiger partial charge is 0.143 e. The van der Waals surface area contributed by atoms with Crippen molar-refractivity contribution in [3.8, 4) is 0 Å². The summed E-state index contributed by atoms with van der Waals surface area (Å²) >= 11 is 0. The lowest BCUT2D eigenvalue weighted by Crippen LogP contribution is -2.35. The first-order chi connectivity index (χ1) is 5.36. The van der Waals surface area contributed by atoms with E-state index in [1.807, 2.05) is 6.92 Å². The fourth-order valence-electron chi connectivity index (χ4n) is 1.43. The van der Waals surface area contributed by atoms with Crippen LogP contribution < -0.4 is 0 Å². The molecule has 0 saturated carbocycles. The first-order valence-electron chi connectivity index (χ1n) is 4.49. The minimum absolute atomic E-state index is 0.0742. The molecule has 0 aliphatic heterocycles. The Morgan fingerprint density at radius 3 is 1.75 bits per heavy atom. The van der Waals surface area contributed by atoms with Gasteiger partial charge < -0.3 is 0 Å². The van der Waals surface area contributed by atoms with Crippen molar-refractivity contribution in [2.45, 2.75) is 46.3 Å². The third kappa shape index (κ3) is 2.22. The Labute approximate surface area is 77.3 Å². The summed E-state index contributed by atoms with van der Waals surface area (Å²) in [5, 5.41) is -0.225. The summed E-state index contributed by atoms with van der Waals surface area (Å²) < 4.78 is 21.7. The topological polar surface area (TPSA) is 34.1 Å². The van der Waals surface area contributed by atoms with Crippen LogP contribution in [0.5, 0.6) is 0 Å². The molecule has 0 aromatic carbocycles. The van der Waals surface area contributed by atoms with Crippen molar-refractivity contribution in [1.82, 2.24) is 0 Å².